The van der Waals surface area contributed by atoms with Crippen molar-refractivity contribution >= 4 is 18.0 Å². The third-order valence-electron chi connectivity index (χ3n) is 2.25. The monoisotopic (exact) mass is 230 g/mol. The van der Waals surface area contributed by atoms with Crippen LogP contribution in [-0.2, 0) is 4.79 Å². The van der Waals surface area contributed by atoms with Crippen molar-refractivity contribution in [3.63, 3.8) is 0 Å². The number of rotatable bonds is 4. The first-order valence-electron chi connectivity index (χ1n) is 4.57. The van der Waals surface area contributed by atoms with Gasteiger partial charge in [0.2, 0.25) is 0 Å². The first-order valence-corrected chi connectivity index (χ1v) is 5.79. The second-order valence-corrected chi connectivity index (χ2v) is 4.13. The third-order valence-corrected chi connectivity index (χ3v) is 3.01. The van der Waals surface area contributed by atoms with E-state index in [4.69, 9.17) is 0 Å². The fourth-order valence-corrected chi connectivity index (χ4v) is 1.91. The van der Waals surface area contributed by atoms with Crippen LogP contribution in [0, 0.1) is 11.6 Å². The smallest absolute Gasteiger partial charge is 0.143 e. The maximum Gasteiger partial charge on any atom is 0.143 e. The maximum atomic E-state index is 13.7. The molecule has 0 amide bonds. The predicted octanol–water partition coefficient (Wildman–Crippen LogP) is 3.38. The minimum Gasteiger partial charge on any atom is -0.303 e. The summed E-state index contributed by atoms with van der Waals surface area (Å²) < 4.78 is 27.1. The van der Waals surface area contributed by atoms with E-state index in [0.717, 1.165) is 0 Å². The highest BCUT2D eigenvalue weighted by Crippen LogP contribution is 2.30. The van der Waals surface area contributed by atoms with Crippen LogP contribution >= 0.6 is 11.8 Å². The second-order valence-electron chi connectivity index (χ2n) is 3.28. The third kappa shape index (κ3) is 2.56. The van der Waals surface area contributed by atoms with Crippen molar-refractivity contribution in [1.29, 1.82) is 0 Å². The van der Waals surface area contributed by atoms with Crippen molar-refractivity contribution in [3.8, 4) is 0 Å². The van der Waals surface area contributed by atoms with E-state index in [1.54, 1.807) is 13.2 Å². The summed E-state index contributed by atoms with van der Waals surface area (Å²) in [5.41, 5.74) is 0.00829. The molecule has 1 unspecified atom stereocenters. The summed E-state index contributed by atoms with van der Waals surface area (Å²) in [6, 6.07) is 2.65. The molecule has 1 aromatic rings. The number of thioether (sulfide) groups is 1. The number of carbonyl (C=O) groups is 1. The Bertz CT molecular complexity index is 366. The highest BCUT2D eigenvalue weighted by molar-refractivity contribution is 7.98. The van der Waals surface area contributed by atoms with Crippen molar-refractivity contribution in [2.75, 3.05) is 6.26 Å². The summed E-state index contributed by atoms with van der Waals surface area (Å²) >= 11 is 1.22. The lowest BCUT2D eigenvalue weighted by Crippen LogP contribution is -2.03. The van der Waals surface area contributed by atoms with Gasteiger partial charge in [0, 0.05) is 16.9 Å². The average Bonchev–Trinajstić information content (AvgIpc) is 2.18. The zero-order chi connectivity index (χ0) is 11.4. The Morgan fingerprint density at radius 2 is 2.13 bits per heavy atom. The molecule has 0 bridgehead atoms. The van der Waals surface area contributed by atoms with Gasteiger partial charge in [0.05, 0.1) is 0 Å². The SMILES string of the molecule is CSc1ccc(F)c(C(C)CC=O)c1F. The van der Waals surface area contributed by atoms with Crippen molar-refractivity contribution in [3.05, 3.63) is 29.3 Å². The molecule has 0 saturated carbocycles. The van der Waals surface area contributed by atoms with E-state index >= 15 is 0 Å². The first-order chi connectivity index (χ1) is 7.11. The van der Waals surface area contributed by atoms with E-state index in [0.29, 0.717) is 11.2 Å². The molecule has 4 heteroatoms. The fraction of sp³-hybridized carbons (Fsp3) is 0.364. The summed E-state index contributed by atoms with van der Waals surface area (Å²) in [6.07, 6.45) is 2.53. The number of hydrogen-bond acceptors (Lipinski definition) is 2. The predicted molar refractivity (Wildman–Crippen MR) is 57.2 cm³/mol. The Morgan fingerprint density at radius 1 is 1.47 bits per heavy atom. The van der Waals surface area contributed by atoms with Crippen LogP contribution in [-0.4, -0.2) is 12.5 Å². The topological polar surface area (TPSA) is 17.1 Å². The van der Waals surface area contributed by atoms with E-state index in [1.807, 2.05) is 0 Å². The van der Waals surface area contributed by atoms with Gasteiger partial charge in [-0.1, -0.05) is 6.92 Å². The number of carbonyl (C=O) groups excluding carboxylic acids is 1. The Kier molecular flexibility index (Phi) is 4.27. The molecule has 1 atom stereocenters. The molecule has 0 aromatic heterocycles. The van der Waals surface area contributed by atoms with E-state index < -0.39 is 17.6 Å². The van der Waals surface area contributed by atoms with Crippen LogP contribution in [0.5, 0.6) is 0 Å². The van der Waals surface area contributed by atoms with E-state index in [1.165, 1.54) is 23.9 Å². The van der Waals surface area contributed by atoms with Gasteiger partial charge in [-0.15, -0.1) is 11.8 Å². The van der Waals surface area contributed by atoms with Gasteiger partial charge in [-0.25, -0.2) is 8.78 Å². The molecule has 0 radical (unpaired) electrons. The lowest BCUT2D eigenvalue weighted by atomic mass is 9.97. The molecule has 0 saturated heterocycles. The van der Waals surface area contributed by atoms with Crippen LogP contribution in [0.15, 0.2) is 17.0 Å². The molecule has 0 aliphatic heterocycles. The highest BCUT2D eigenvalue weighted by Gasteiger charge is 2.18. The minimum atomic E-state index is -0.584. The highest BCUT2D eigenvalue weighted by atomic mass is 32.2. The standard InChI is InChI=1S/C11H12F2OS/c1-7(5-6-14)10-8(12)3-4-9(15-2)11(10)13/h3-4,6-7H,5H2,1-2H3. The molecule has 0 fully saturated rings. The van der Waals surface area contributed by atoms with Crippen molar-refractivity contribution in [1.82, 2.24) is 0 Å². The normalized spacial score (nSPS) is 12.5. The number of hydrogen-bond donors (Lipinski definition) is 0. The van der Waals surface area contributed by atoms with E-state index in [2.05, 4.69) is 0 Å². The molecule has 0 spiro atoms. The summed E-state index contributed by atoms with van der Waals surface area (Å²) in [5.74, 6) is -1.55. The Labute approximate surface area is 91.9 Å². The fourth-order valence-electron chi connectivity index (χ4n) is 1.42. The minimum absolute atomic E-state index is 0.00829. The quantitative estimate of drug-likeness (QED) is 0.582. The van der Waals surface area contributed by atoms with Gasteiger partial charge in [-0.3, -0.25) is 0 Å². The number of benzene rings is 1. The van der Waals surface area contributed by atoms with Gasteiger partial charge in [-0.05, 0) is 24.3 Å². The zero-order valence-electron chi connectivity index (χ0n) is 8.59. The molecule has 0 heterocycles. The molecular formula is C11H12F2OS. The Balaban J connectivity index is 3.19. The van der Waals surface area contributed by atoms with Crippen LogP contribution < -0.4 is 0 Å². The van der Waals surface area contributed by atoms with Crippen LogP contribution in [0.1, 0.15) is 24.8 Å². The largest absolute Gasteiger partial charge is 0.303 e. The lowest BCUT2D eigenvalue weighted by molar-refractivity contribution is -0.108. The van der Waals surface area contributed by atoms with Gasteiger partial charge in [0.15, 0.2) is 0 Å². The summed E-state index contributed by atoms with van der Waals surface area (Å²) in [5, 5.41) is 0. The van der Waals surface area contributed by atoms with Crippen LogP contribution in [0.3, 0.4) is 0 Å². The molecule has 15 heavy (non-hydrogen) atoms. The Morgan fingerprint density at radius 3 is 2.67 bits per heavy atom. The lowest BCUT2D eigenvalue weighted by Gasteiger charge is -2.12. The molecule has 0 N–H and O–H groups in total. The van der Waals surface area contributed by atoms with Gasteiger partial charge in [-0.2, -0.15) is 0 Å². The van der Waals surface area contributed by atoms with Crippen LogP contribution in [0.25, 0.3) is 0 Å². The van der Waals surface area contributed by atoms with Gasteiger partial charge >= 0.3 is 0 Å². The van der Waals surface area contributed by atoms with E-state index in [-0.39, 0.29) is 12.0 Å². The summed E-state index contributed by atoms with van der Waals surface area (Å²) in [4.78, 5) is 10.7. The maximum absolute atomic E-state index is 13.7. The van der Waals surface area contributed by atoms with Crippen LogP contribution in [0.2, 0.25) is 0 Å². The number of aldehydes is 1. The zero-order valence-corrected chi connectivity index (χ0v) is 9.41. The average molecular weight is 230 g/mol. The van der Waals surface area contributed by atoms with Gasteiger partial charge in [0.25, 0.3) is 0 Å². The molecule has 0 aliphatic carbocycles. The van der Waals surface area contributed by atoms with Crippen LogP contribution in [0.4, 0.5) is 8.78 Å². The molecule has 1 nitrogen and oxygen atoms in total. The van der Waals surface area contributed by atoms with Crippen molar-refractivity contribution in [2.45, 2.75) is 24.2 Å². The summed E-state index contributed by atoms with van der Waals surface area (Å²) in [7, 11) is 0. The van der Waals surface area contributed by atoms with Gasteiger partial charge < -0.3 is 4.79 Å². The number of halogens is 2. The van der Waals surface area contributed by atoms with Crippen molar-refractivity contribution < 1.29 is 13.6 Å². The first kappa shape index (κ1) is 12.2. The molecule has 82 valence electrons. The summed E-state index contributed by atoms with van der Waals surface area (Å²) in [6.45, 7) is 1.64. The van der Waals surface area contributed by atoms with Gasteiger partial charge in [0.1, 0.15) is 17.9 Å². The molecule has 0 aliphatic rings. The Hall–Kier alpha value is -0.900. The molecular weight excluding hydrogens is 218 g/mol. The molecule has 1 aromatic carbocycles. The second kappa shape index (κ2) is 5.26. The van der Waals surface area contributed by atoms with E-state index in [9.17, 15) is 13.6 Å². The van der Waals surface area contributed by atoms with Crippen molar-refractivity contribution in [2.24, 2.45) is 0 Å². The molecule has 1 rings (SSSR count).